The summed E-state index contributed by atoms with van der Waals surface area (Å²) < 4.78 is 0. The van der Waals surface area contributed by atoms with E-state index in [2.05, 4.69) is 11.0 Å². The quantitative estimate of drug-likeness (QED) is 0.678. The van der Waals surface area contributed by atoms with Crippen LogP contribution in [0, 0.1) is 11.3 Å². The minimum absolute atomic E-state index is 0.664. The molecule has 0 aliphatic carbocycles. The van der Waals surface area contributed by atoms with Crippen molar-refractivity contribution in [2.45, 2.75) is 32.6 Å². The summed E-state index contributed by atoms with van der Waals surface area (Å²) in [5.74, 6) is 0. The van der Waals surface area contributed by atoms with Crippen LogP contribution in [0.15, 0.2) is 11.3 Å². The van der Waals surface area contributed by atoms with Gasteiger partial charge in [0, 0.05) is 12.2 Å². The summed E-state index contributed by atoms with van der Waals surface area (Å²) in [6.45, 7) is 4.76. The van der Waals surface area contributed by atoms with E-state index >= 15 is 0 Å². The maximum atomic E-state index is 8.88. The molecule has 0 atom stereocenters. The molecular weight excluding hydrogens is 174 g/mol. The van der Waals surface area contributed by atoms with Crippen molar-refractivity contribution in [3.05, 3.63) is 11.3 Å². The number of hydrogen-bond acceptors (Lipinski definition) is 3. The molecule has 78 valence electrons. The average Bonchev–Trinajstić information content (AvgIpc) is 2.41. The fourth-order valence-corrected chi connectivity index (χ4v) is 1.77. The molecule has 2 N–H and O–H groups in total. The number of hydrogen-bond donors (Lipinski definition) is 1. The Morgan fingerprint density at radius 3 is 2.29 bits per heavy atom. The summed E-state index contributed by atoms with van der Waals surface area (Å²) in [5, 5.41) is 8.88. The van der Waals surface area contributed by atoms with Crippen molar-refractivity contribution in [2.24, 2.45) is 5.73 Å². The minimum atomic E-state index is 0.664. The van der Waals surface area contributed by atoms with Crippen molar-refractivity contribution < 1.29 is 0 Å². The fourth-order valence-electron chi connectivity index (χ4n) is 1.77. The lowest BCUT2D eigenvalue weighted by Crippen LogP contribution is -2.27. The second-order valence-electron chi connectivity index (χ2n) is 3.96. The van der Waals surface area contributed by atoms with E-state index in [1.165, 1.54) is 25.7 Å². The van der Waals surface area contributed by atoms with Crippen LogP contribution in [0.4, 0.5) is 0 Å². The third-order valence-corrected chi connectivity index (χ3v) is 2.69. The van der Waals surface area contributed by atoms with Crippen molar-refractivity contribution in [1.82, 2.24) is 4.90 Å². The van der Waals surface area contributed by atoms with Gasteiger partial charge in [0.15, 0.2) is 0 Å². The van der Waals surface area contributed by atoms with Crippen molar-refractivity contribution in [1.29, 1.82) is 5.26 Å². The van der Waals surface area contributed by atoms with Crippen LogP contribution in [0.3, 0.4) is 0 Å². The Morgan fingerprint density at radius 1 is 1.29 bits per heavy atom. The first kappa shape index (κ1) is 11.1. The van der Waals surface area contributed by atoms with E-state index in [0.29, 0.717) is 5.70 Å². The van der Waals surface area contributed by atoms with Crippen molar-refractivity contribution in [3.63, 3.8) is 0 Å². The molecule has 0 bridgehead atoms. The molecule has 0 spiro atoms. The lowest BCUT2D eigenvalue weighted by Gasteiger charge is -2.19. The first-order valence-corrected chi connectivity index (χ1v) is 5.31. The first-order valence-electron chi connectivity index (χ1n) is 5.31. The summed E-state index contributed by atoms with van der Waals surface area (Å²) in [6.07, 6.45) is 5.15. The molecule has 1 aliphatic heterocycles. The van der Waals surface area contributed by atoms with Gasteiger partial charge in [-0.3, -0.25) is 4.90 Å². The summed E-state index contributed by atoms with van der Waals surface area (Å²) in [6, 6.07) is 2.18. The lowest BCUT2D eigenvalue weighted by atomic mass is 10.2. The topological polar surface area (TPSA) is 53.1 Å². The van der Waals surface area contributed by atoms with Gasteiger partial charge in [0.25, 0.3) is 0 Å². The normalized spacial score (nSPS) is 20.9. The third kappa shape index (κ3) is 3.39. The molecule has 0 unspecified atom stereocenters. The van der Waals surface area contributed by atoms with Crippen molar-refractivity contribution >= 4 is 0 Å². The van der Waals surface area contributed by atoms with Gasteiger partial charge in [-0.15, -0.1) is 0 Å². The Balaban J connectivity index is 2.50. The van der Waals surface area contributed by atoms with Gasteiger partial charge < -0.3 is 5.73 Å². The van der Waals surface area contributed by atoms with E-state index in [1.54, 1.807) is 6.92 Å². The van der Waals surface area contributed by atoms with Gasteiger partial charge in [0.1, 0.15) is 0 Å². The van der Waals surface area contributed by atoms with Crippen LogP contribution in [-0.2, 0) is 0 Å². The fraction of sp³-hybridized carbons (Fsp3) is 0.727. The van der Waals surface area contributed by atoms with Crippen LogP contribution >= 0.6 is 0 Å². The molecule has 1 heterocycles. The zero-order valence-electron chi connectivity index (χ0n) is 8.92. The Bertz CT molecular complexity index is 238. The van der Waals surface area contributed by atoms with E-state index in [4.69, 9.17) is 11.0 Å². The molecule has 0 amide bonds. The molecule has 0 aromatic rings. The minimum Gasteiger partial charge on any atom is -0.401 e. The van der Waals surface area contributed by atoms with Gasteiger partial charge in [-0.25, -0.2) is 0 Å². The van der Waals surface area contributed by atoms with E-state index in [9.17, 15) is 0 Å². The Kier molecular flexibility index (Phi) is 4.48. The van der Waals surface area contributed by atoms with Crippen LogP contribution in [0.1, 0.15) is 32.6 Å². The molecule has 0 saturated carbocycles. The van der Waals surface area contributed by atoms with E-state index < -0.39 is 0 Å². The van der Waals surface area contributed by atoms with Crippen molar-refractivity contribution in [2.75, 3.05) is 19.6 Å². The second kappa shape index (κ2) is 5.66. The highest BCUT2D eigenvalue weighted by Gasteiger charge is 2.11. The molecule has 0 aromatic carbocycles. The molecule has 3 nitrogen and oxygen atoms in total. The zero-order chi connectivity index (χ0) is 10.4. The van der Waals surface area contributed by atoms with E-state index in [-0.39, 0.29) is 0 Å². The molecule has 1 saturated heterocycles. The SMILES string of the molecule is C/C(N)=C(\C#N)CN1CCCCCC1. The predicted octanol–water partition coefficient (Wildman–Crippen LogP) is 1.62. The van der Waals surface area contributed by atoms with Gasteiger partial charge in [-0.05, 0) is 32.9 Å². The molecule has 14 heavy (non-hydrogen) atoms. The monoisotopic (exact) mass is 193 g/mol. The molecule has 3 heteroatoms. The Morgan fingerprint density at radius 2 is 1.86 bits per heavy atom. The predicted molar refractivity (Wildman–Crippen MR) is 57.4 cm³/mol. The van der Waals surface area contributed by atoms with Crippen LogP contribution < -0.4 is 5.73 Å². The van der Waals surface area contributed by atoms with Crippen molar-refractivity contribution in [3.8, 4) is 6.07 Å². The van der Waals surface area contributed by atoms with E-state index in [0.717, 1.165) is 25.2 Å². The molecule has 1 rings (SSSR count). The average molecular weight is 193 g/mol. The summed E-state index contributed by atoms with van der Waals surface area (Å²) in [4.78, 5) is 2.34. The third-order valence-electron chi connectivity index (χ3n) is 2.69. The Labute approximate surface area is 86.2 Å². The standard InChI is InChI=1S/C11H19N3/c1-10(13)11(8-12)9-14-6-4-2-3-5-7-14/h2-7,9,13H2,1H3/b11-10-. The smallest absolute Gasteiger partial charge is 0.0978 e. The van der Waals surface area contributed by atoms with Gasteiger partial charge in [0.05, 0.1) is 11.6 Å². The number of nitriles is 1. The molecule has 1 aliphatic rings. The molecule has 1 fully saturated rings. The Hall–Kier alpha value is -1.01. The van der Waals surface area contributed by atoms with E-state index in [1.807, 2.05) is 0 Å². The highest BCUT2D eigenvalue weighted by Crippen LogP contribution is 2.11. The van der Waals surface area contributed by atoms with Crippen LogP contribution in [-0.4, -0.2) is 24.5 Å². The number of rotatable bonds is 2. The van der Waals surface area contributed by atoms with Crippen LogP contribution in [0.25, 0.3) is 0 Å². The lowest BCUT2D eigenvalue weighted by molar-refractivity contribution is 0.311. The molecule has 0 radical (unpaired) electrons. The number of nitrogens with two attached hydrogens (primary N) is 1. The van der Waals surface area contributed by atoms with Gasteiger partial charge in [0.2, 0.25) is 0 Å². The highest BCUT2D eigenvalue weighted by atomic mass is 15.1. The van der Waals surface area contributed by atoms with Gasteiger partial charge in [-0.1, -0.05) is 12.8 Å². The highest BCUT2D eigenvalue weighted by molar-refractivity contribution is 5.26. The summed E-state index contributed by atoms with van der Waals surface area (Å²) in [7, 11) is 0. The number of likely N-dealkylation sites (tertiary alicyclic amines) is 1. The zero-order valence-corrected chi connectivity index (χ0v) is 8.92. The number of allylic oxidation sites excluding steroid dienone is 1. The van der Waals surface area contributed by atoms with Crippen LogP contribution in [0.2, 0.25) is 0 Å². The second-order valence-corrected chi connectivity index (χ2v) is 3.96. The van der Waals surface area contributed by atoms with Gasteiger partial charge in [-0.2, -0.15) is 5.26 Å². The maximum Gasteiger partial charge on any atom is 0.0978 e. The molecular formula is C11H19N3. The van der Waals surface area contributed by atoms with Crippen LogP contribution in [0.5, 0.6) is 0 Å². The maximum absolute atomic E-state index is 8.88. The van der Waals surface area contributed by atoms with Gasteiger partial charge >= 0.3 is 0 Å². The summed E-state index contributed by atoms with van der Waals surface area (Å²) in [5.41, 5.74) is 7.03. The molecule has 0 aromatic heterocycles. The largest absolute Gasteiger partial charge is 0.401 e. The first-order chi connectivity index (χ1) is 6.74. The summed E-state index contributed by atoms with van der Waals surface area (Å²) >= 11 is 0. The number of nitrogens with zero attached hydrogens (tertiary/aromatic N) is 2.